The predicted molar refractivity (Wildman–Crippen MR) is 82.6 cm³/mol. The van der Waals surface area contributed by atoms with Crippen LogP contribution in [0.5, 0.6) is 0 Å². The van der Waals surface area contributed by atoms with Gasteiger partial charge in [0.2, 0.25) is 0 Å². The lowest BCUT2D eigenvalue weighted by Crippen LogP contribution is -2.52. The minimum absolute atomic E-state index is 0.0499. The first-order valence-electron chi connectivity index (χ1n) is 8.39. The molecule has 5 atom stereocenters. The monoisotopic (exact) mass is 311 g/mol. The first-order chi connectivity index (χ1) is 10.2. The maximum absolute atomic E-state index is 11.8. The van der Waals surface area contributed by atoms with Crippen molar-refractivity contribution in [1.29, 1.82) is 0 Å². The van der Waals surface area contributed by atoms with Crippen LogP contribution in [0.3, 0.4) is 0 Å². The van der Waals surface area contributed by atoms with E-state index in [1.165, 1.54) is 18.6 Å². The summed E-state index contributed by atoms with van der Waals surface area (Å²) in [4.78, 5) is 14.2. The number of carbonyl (C=O) groups is 1. The highest BCUT2D eigenvalue weighted by Gasteiger charge is 2.52. The van der Waals surface area contributed by atoms with Crippen LogP contribution in [0.2, 0.25) is 0 Å². The van der Waals surface area contributed by atoms with E-state index >= 15 is 0 Å². The molecular formula is C16H25NO3S. The number of hydrogen-bond donors (Lipinski definition) is 1. The van der Waals surface area contributed by atoms with Gasteiger partial charge in [-0.25, -0.2) is 0 Å². The third-order valence-corrected chi connectivity index (χ3v) is 7.41. The summed E-state index contributed by atoms with van der Waals surface area (Å²) >= 11 is 1.99. The first kappa shape index (κ1) is 14.3. The molecule has 4 fully saturated rings. The maximum atomic E-state index is 11.8. The highest BCUT2D eigenvalue weighted by molar-refractivity contribution is 7.99. The molecule has 0 aromatic heterocycles. The van der Waals surface area contributed by atoms with Crippen molar-refractivity contribution in [1.82, 2.24) is 4.90 Å². The number of rotatable bonds is 2. The second-order valence-electron chi connectivity index (χ2n) is 7.32. The molecule has 1 aliphatic carbocycles. The molecule has 4 nitrogen and oxygen atoms in total. The molecule has 3 heterocycles. The van der Waals surface area contributed by atoms with Crippen molar-refractivity contribution in [2.24, 2.45) is 11.8 Å². The van der Waals surface area contributed by atoms with Crippen molar-refractivity contribution in [3.63, 3.8) is 0 Å². The molecule has 0 bridgehead atoms. The molecule has 5 heteroatoms. The van der Waals surface area contributed by atoms with E-state index in [9.17, 15) is 9.90 Å². The van der Waals surface area contributed by atoms with Crippen molar-refractivity contribution in [3.05, 3.63) is 0 Å². The molecule has 3 aliphatic heterocycles. The van der Waals surface area contributed by atoms with E-state index in [0.29, 0.717) is 17.9 Å². The topological polar surface area (TPSA) is 49.8 Å². The number of carboxylic acid groups (broad SMARTS) is 1. The lowest BCUT2D eigenvalue weighted by Gasteiger charge is -2.43. The van der Waals surface area contributed by atoms with Crippen molar-refractivity contribution < 1.29 is 14.6 Å². The number of likely N-dealkylation sites (tertiary alicyclic amines) is 1. The summed E-state index contributed by atoms with van der Waals surface area (Å²) in [5, 5.41) is 9.74. The fraction of sp³-hybridized carbons (Fsp3) is 0.938. The Kier molecular flexibility index (Phi) is 3.71. The normalized spacial score (nSPS) is 47.0. The molecule has 1 spiro atoms. The Morgan fingerprint density at radius 2 is 2.24 bits per heavy atom. The Hall–Kier alpha value is -0.260. The molecule has 21 heavy (non-hydrogen) atoms. The third-order valence-electron chi connectivity index (χ3n) is 6.18. The Balaban J connectivity index is 1.53. The molecule has 4 rings (SSSR count). The van der Waals surface area contributed by atoms with Gasteiger partial charge in [0.1, 0.15) is 6.04 Å². The van der Waals surface area contributed by atoms with Gasteiger partial charge in [0, 0.05) is 24.9 Å². The summed E-state index contributed by atoms with van der Waals surface area (Å²) < 4.78 is 6.11. The number of ether oxygens (including phenoxy) is 1. The summed E-state index contributed by atoms with van der Waals surface area (Å²) in [6.07, 6.45) is 6.77. The third kappa shape index (κ3) is 2.41. The molecule has 3 saturated heterocycles. The van der Waals surface area contributed by atoms with Gasteiger partial charge < -0.3 is 9.84 Å². The van der Waals surface area contributed by atoms with Crippen LogP contribution in [-0.4, -0.2) is 58.3 Å². The van der Waals surface area contributed by atoms with Crippen LogP contribution in [0.4, 0.5) is 0 Å². The lowest BCUT2D eigenvalue weighted by atomic mass is 9.88. The van der Waals surface area contributed by atoms with E-state index < -0.39 is 5.97 Å². The Labute approximate surface area is 130 Å². The lowest BCUT2D eigenvalue weighted by molar-refractivity contribution is -0.147. The van der Waals surface area contributed by atoms with Gasteiger partial charge in [-0.3, -0.25) is 9.69 Å². The number of hydrogen-bond acceptors (Lipinski definition) is 4. The van der Waals surface area contributed by atoms with Crippen molar-refractivity contribution >= 4 is 17.7 Å². The quantitative estimate of drug-likeness (QED) is 0.847. The van der Waals surface area contributed by atoms with E-state index in [0.717, 1.165) is 44.6 Å². The second kappa shape index (κ2) is 5.43. The summed E-state index contributed by atoms with van der Waals surface area (Å²) in [5.41, 5.74) is 0.0499. The van der Waals surface area contributed by atoms with Gasteiger partial charge in [-0.2, -0.15) is 11.8 Å². The van der Waals surface area contributed by atoms with Crippen molar-refractivity contribution in [2.45, 2.75) is 56.2 Å². The smallest absolute Gasteiger partial charge is 0.321 e. The van der Waals surface area contributed by atoms with Crippen LogP contribution in [0.1, 0.15) is 38.5 Å². The highest BCUT2D eigenvalue weighted by Crippen LogP contribution is 2.46. The summed E-state index contributed by atoms with van der Waals surface area (Å²) in [6.45, 7) is 1.82. The van der Waals surface area contributed by atoms with Gasteiger partial charge in [0.25, 0.3) is 0 Å². The SMILES string of the molecule is O=C(O)C1C2CCCC2CN1C1CCOC2(CCSC2)C1. The van der Waals surface area contributed by atoms with Gasteiger partial charge in [0.05, 0.1) is 5.60 Å². The molecule has 0 radical (unpaired) electrons. The van der Waals surface area contributed by atoms with Crippen LogP contribution in [-0.2, 0) is 9.53 Å². The number of thioether (sulfide) groups is 1. The van der Waals surface area contributed by atoms with Crippen molar-refractivity contribution in [2.75, 3.05) is 24.7 Å². The fourth-order valence-corrected chi connectivity index (χ4v) is 6.57. The Morgan fingerprint density at radius 3 is 3.00 bits per heavy atom. The molecule has 1 N–H and O–H groups in total. The van der Waals surface area contributed by atoms with Gasteiger partial charge in [-0.15, -0.1) is 0 Å². The second-order valence-corrected chi connectivity index (χ2v) is 8.42. The molecule has 5 unspecified atom stereocenters. The zero-order valence-corrected chi connectivity index (χ0v) is 13.3. The minimum Gasteiger partial charge on any atom is -0.480 e. The van der Waals surface area contributed by atoms with Gasteiger partial charge in [-0.1, -0.05) is 6.42 Å². The van der Waals surface area contributed by atoms with Crippen LogP contribution in [0.15, 0.2) is 0 Å². The predicted octanol–water partition coefficient (Wildman–Crippen LogP) is 2.23. The highest BCUT2D eigenvalue weighted by atomic mass is 32.2. The molecule has 4 aliphatic rings. The average Bonchev–Trinajstić information content (AvgIpc) is 3.13. The molecule has 0 aromatic rings. The van der Waals surface area contributed by atoms with Gasteiger partial charge in [0.15, 0.2) is 0 Å². The van der Waals surface area contributed by atoms with E-state index in [2.05, 4.69) is 4.90 Å². The maximum Gasteiger partial charge on any atom is 0.321 e. The van der Waals surface area contributed by atoms with Crippen LogP contribution in [0, 0.1) is 11.8 Å². The minimum atomic E-state index is -0.592. The van der Waals surface area contributed by atoms with E-state index in [-0.39, 0.29) is 11.6 Å². The summed E-state index contributed by atoms with van der Waals surface area (Å²) in [6, 6.07) is 0.191. The molecular weight excluding hydrogens is 286 g/mol. The molecule has 118 valence electrons. The molecule has 0 aromatic carbocycles. The molecule has 1 saturated carbocycles. The van der Waals surface area contributed by atoms with Crippen molar-refractivity contribution in [3.8, 4) is 0 Å². The van der Waals surface area contributed by atoms with Gasteiger partial charge in [-0.05, 0) is 49.7 Å². The van der Waals surface area contributed by atoms with Crippen LogP contribution >= 0.6 is 11.8 Å². The zero-order chi connectivity index (χ0) is 14.4. The number of nitrogens with zero attached hydrogens (tertiary/aromatic N) is 1. The Morgan fingerprint density at radius 1 is 1.33 bits per heavy atom. The largest absolute Gasteiger partial charge is 0.480 e. The van der Waals surface area contributed by atoms with E-state index in [1.807, 2.05) is 11.8 Å². The number of fused-ring (bicyclic) bond motifs is 1. The van der Waals surface area contributed by atoms with Gasteiger partial charge >= 0.3 is 5.97 Å². The zero-order valence-electron chi connectivity index (χ0n) is 12.5. The fourth-order valence-electron chi connectivity index (χ4n) is 5.19. The standard InChI is InChI=1S/C16H25NO3S/c18-15(19)14-13-3-1-2-11(13)9-17(14)12-4-6-20-16(8-12)5-7-21-10-16/h11-14H,1-10H2,(H,18,19). The average molecular weight is 311 g/mol. The molecule has 0 amide bonds. The Bertz CT molecular complexity index is 424. The van der Waals surface area contributed by atoms with E-state index in [1.54, 1.807) is 0 Å². The number of carboxylic acids is 1. The first-order valence-corrected chi connectivity index (χ1v) is 9.54. The van der Waals surface area contributed by atoms with Crippen LogP contribution in [0.25, 0.3) is 0 Å². The summed E-state index contributed by atoms with van der Waals surface area (Å²) in [7, 11) is 0. The van der Waals surface area contributed by atoms with E-state index in [4.69, 9.17) is 4.74 Å². The summed E-state index contributed by atoms with van der Waals surface area (Å²) in [5.74, 6) is 2.73. The number of aliphatic carboxylic acids is 1. The van der Waals surface area contributed by atoms with Crippen LogP contribution < -0.4 is 0 Å².